The molecule has 0 spiro atoms. The lowest BCUT2D eigenvalue weighted by molar-refractivity contribution is -0.141. The van der Waals surface area contributed by atoms with Gasteiger partial charge in [0, 0.05) is 13.2 Å². The summed E-state index contributed by atoms with van der Waals surface area (Å²) in [7, 11) is 0. The van der Waals surface area contributed by atoms with E-state index in [1.165, 1.54) is 4.90 Å². The van der Waals surface area contributed by atoms with Crippen LogP contribution in [0.1, 0.15) is 6.42 Å². The van der Waals surface area contributed by atoms with Gasteiger partial charge in [-0.15, -0.1) is 0 Å². The summed E-state index contributed by atoms with van der Waals surface area (Å²) < 4.78 is 5.09. The van der Waals surface area contributed by atoms with Crippen LogP contribution < -0.4 is 0 Å². The van der Waals surface area contributed by atoms with E-state index in [1.54, 1.807) is 0 Å². The number of aliphatic hydroxyl groups excluding tert-OH is 1. The van der Waals surface area contributed by atoms with Gasteiger partial charge < -0.3 is 9.84 Å². The highest BCUT2D eigenvalue weighted by Gasteiger charge is 2.50. The van der Waals surface area contributed by atoms with Gasteiger partial charge in [0.1, 0.15) is 0 Å². The summed E-state index contributed by atoms with van der Waals surface area (Å²) in [6.45, 7) is 1.07. The number of likely N-dealkylation sites (tertiary alicyclic amines) is 1. The molecule has 0 bridgehead atoms. The van der Waals surface area contributed by atoms with Crippen LogP contribution in [0.5, 0.6) is 0 Å². The van der Waals surface area contributed by atoms with Crippen LogP contribution in [0, 0.1) is 11.8 Å². The molecule has 0 saturated carbocycles. The summed E-state index contributed by atoms with van der Waals surface area (Å²) in [5, 5.41) is 8.63. The molecule has 2 amide bonds. The van der Waals surface area contributed by atoms with Gasteiger partial charge in [-0.05, 0) is 6.42 Å². The summed E-state index contributed by atoms with van der Waals surface area (Å²) in [5.74, 6) is -0.792. The fourth-order valence-corrected chi connectivity index (χ4v) is 2.00. The Morgan fingerprint density at radius 2 is 1.86 bits per heavy atom. The van der Waals surface area contributed by atoms with Crippen molar-refractivity contribution in [3.63, 3.8) is 0 Å². The highest BCUT2D eigenvalue weighted by Crippen LogP contribution is 2.31. The van der Waals surface area contributed by atoms with E-state index in [4.69, 9.17) is 9.84 Å². The Morgan fingerprint density at radius 3 is 2.36 bits per heavy atom. The predicted molar refractivity (Wildman–Crippen MR) is 46.2 cm³/mol. The zero-order chi connectivity index (χ0) is 10.1. The molecule has 0 unspecified atom stereocenters. The van der Waals surface area contributed by atoms with Crippen molar-refractivity contribution >= 4 is 11.8 Å². The lowest BCUT2D eigenvalue weighted by atomic mass is 10.00. The first-order chi connectivity index (χ1) is 6.75. The molecule has 2 fully saturated rings. The average molecular weight is 199 g/mol. The maximum Gasteiger partial charge on any atom is 0.235 e. The van der Waals surface area contributed by atoms with E-state index in [0.717, 1.165) is 0 Å². The zero-order valence-corrected chi connectivity index (χ0v) is 7.81. The lowest BCUT2D eigenvalue weighted by Gasteiger charge is -2.14. The van der Waals surface area contributed by atoms with Gasteiger partial charge in [0.25, 0.3) is 0 Å². The van der Waals surface area contributed by atoms with Crippen molar-refractivity contribution < 1.29 is 19.4 Å². The van der Waals surface area contributed by atoms with E-state index in [-0.39, 0.29) is 30.3 Å². The number of ether oxygens (including phenoxy) is 1. The molecule has 0 aliphatic carbocycles. The molecule has 0 aromatic heterocycles. The standard InChI is InChI=1S/C9H13NO4/c11-3-1-2-10-8(12)6-4-14-5-7(6)9(10)13/h6-7,11H,1-5H2/t6-,7+. The molecule has 14 heavy (non-hydrogen) atoms. The minimum absolute atomic E-state index is 0.00287. The third-order valence-electron chi connectivity index (χ3n) is 2.79. The van der Waals surface area contributed by atoms with Crippen LogP contribution in [0.25, 0.3) is 0 Å². The summed E-state index contributed by atoms with van der Waals surface area (Å²) >= 11 is 0. The Balaban J connectivity index is 2.06. The summed E-state index contributed by atoms with van der Waals surface area (Å²) in [6, 6.07) is 0. The highest BCUT2D eigenvalue weighted by atomic mass is 16.5. The largest absolute Gasteiger partial charge is 0.396 e. The third-order valence-corrected chi connectivity index (χ3v) is 2.79. The summed E-state index contributed by atoms with van der Waals surface area (Å²) in [5.41, 5.74) is 0. The van der Waals surface area contributed by atoms with E-state index in [2.05, 4.69) is 0 Å². The number of hydrogen-bond donors (Lipinski definition) is 1. The van der Waals surface area contributed by atoms with Crippen molar-refractivity contribution in [3.8, 4) is 0 Å². The van der Waals surface area contributed by atoms with E-state index >= 15 is 0 Å². The second-order valence-electron chi connectivity index (χ2n) is 3.66. The first-order valence-electron chi connectivity index (χ1n) is 4.79. The Labute approximate surface area is 81.6 Å². The van der Waals surface area contributed by atoms with Gasteiger partial charge in [-0.1, -0.05) is 0 Å². The van der Waals surface area contributed by atoms with Gasteiger partial charge in [0.05, 0.1) is 25.0 Å². The first-order valence-corrected chi connectivity index (χ1v) is 4.79. The smallest absolute Gasteiger partial charge is 0.235 e. The van der Waals surface area contributed by atoms with Crippen LogP contribution in [0.15, 0.2) is 0 Å². The van der Waals surface area contributed by atoms with Gasteiger partial charge in [-0.2, -0.15) is 0 Å². The molecule has 1 N–H and O–H groups in total. The molecule has 2 heterocycles. The fraction of sp³-hybridized carbons (Fsp3) is 0.778. The predicted octanol–water partition coefficient (Wildman–Crippen LogP) is -1.000. The number of carbonyl (C=O) groups is 2. The third kappa shape index (κ3) is 1.33. The maximum absolute atomic E-state index is 11.6. The highest BCUT2D eigenvalue weighted by molar-refractivity contribution is 6.05. The number of amides is 2. The topological polar surface area (TPSA) is 66.8 Å². The number of aliphatic hydroxyl groups is 1. The Hall–Kier alpha value is -0.940. The fourth-order valence-electron chi connectivity index (χ4n) is 2.00. The van der Waals surface area contributed by atoms with E-state index < -0.39 is 0 Å². The number of hydrogen-bond acceptors (Lipinski definition) is 4. The molecule has 2 rings (SSSR count). The lowest BCUT2D eigenvalue weighted by Crippen LogP contribution is -2.34. The minimum atomic E-state index is -0.263. The van der Waals surface area contributed by atoms with E-state index in [1.807, 2.05) is 0 Å². The van der Waals surface area contributed by atoms with Crippen molar-refractivity contribution in [3.05, 3.63) is 0 Å². The van der Waals surface area contributed by atoms with E-state index in [0.29, 0.717) is 26.2 Å². The van der Waals surface area contributed by atoms with Crippen molar-refractivity contribution in [2.45, 2.75) is 6.42 Å². The number of imide groups is 1. The number of carbonyl (C=O) groups excluding carboxylic acids is 2. The van der Waals surface area contributed by atoms with Gasteiger partial charge in [0.2, 0.25) is 11.8 Å². The van der Waals surface area contributed by atoms with Crippen LogP contribution >= 0.6 is 0 Å². The number of rotatable bonds is 3. The molecule has 0 aromatic rings. The van der Waals surface area contributed by atoms with Gasteiger partial charge >= 0.3 is 0 Å². The molecular weight excluding hydrogens is 186 g/mol. The minimum Gasteiger partial charge on any atom is -0.396 e. The van der Waals surface area contributed by atoms with Crippen molar-refractivity contribution in [1.82, 2.24) is 4.90 Å². The molecule has 2 aliphatic heterocycles. The van der Waals surface area contributed by atoms with E-state index in [9.17, 15) is 9.59 Å². The molecule has 78 valence electrons. The second-order valence-corrected chi connectivity index (χ2v) is 3.66. The van der Waals surface area contributed by atoms with Crippen molar-refractivity contribution in [2.24, 2.45) is 11.8 Å². The number of nitrogens with zero attached hydrogens (tertiary/aromatic N) is 1. The van der Waals surface area contributed by atoms with Crippen LogP contribution in [-0.4, -0.2) is 48.2 Å². The molecule has 2 aliphatic rings. The van der Waals surface area contributed by atoms with Gasteiger partial charge in [-0.25, -0.2) is 0 Å². The molecule has 2 saturated heterocycles. The number of fused-ring (bicyclic) bond motifs is 1. The Bertz CT molecular complexity index is 244. The monoisotopic (exact) mass is 199 g/mol. The van der Waals surface area contributed by atoms with Crippen LogP contribution in [0.4, 0.5) is 0 Å². The average Bonchev–Trinajstić information content (AvgIpc) is 2.72. The molecule has 2 atom stereocenters. The summed E-state index contributed by atoms with van der Waals surface area (Å²) in [6.07, 6.45) is 0.456. The Morgan fingerprint density at radius 1 is 1.29 bits per heavy atom. The molecule has 0 radical (unpaired) electrons. The van der Waals surface area contributed by atoms with Crippen LogP contribution in [-0.2, 0) is 14.3 Å². The summed E-state index contributed by atoms with van der Waals surface area (Å²) in [4.78, 5) is 24.6. The molecule has 0 aromatic carbocycles. The molecule has 5 heteroatoms. The van der Waals surface area contributed by atoms with Crippen molar-refractivity contribution in [2.75, 3.05) is 26.4 Å². The second kappa shape index (κ2) is 3.67. The van der Waals surface area contributed by atoms with Gasteiger partial charge in [-0.3, -0.25) is 14.5 Å². The quantitative estimate of drug-likeness (QED) is 0.592. The van der Waals surface area contributed by atoms with Crippen LogP contribution in [0.2, 0.25) is 0 Å². The van der Waals surface area contributed by atoms with Crippen molar-refractivity contribution in [1.29, 1.82) is 0 Å². The zero-order valence-electron chi connectivity index (χ0n) is 7.81. The molecule has 5 nitrogen and oxygen atoms in total. The van der Waals surface area contributed by atoms with Gasteiger partial charge in [0.15, 0.2) is 0 Å². The first kappa shape index (κ1) is 9.61. The SMILES string of the molecule is O=C1[C@H]2COC[C@H]2C(=O)N1CCCO. The molecular formula is C9H13NO4. The maximum atomic E-state index is 11.6. The normalized spacial score (nSPS) is 31.4. The van der Waals surface area contributed by atoms with Crippen LogP contribution in [0.3, 0.4) is 0 Å². The Kier molecular flexibility index (Phi) is 2.52.